The van der Waals surface area contributed by atoms with E-state index in [0.29, 0.717) is 30.9 Å². The lowest BCUT2D eigenvalue weighted by Gasteiger charge is -2.22. The maximum absolute atomic E-state index is 6.21. The SMILES string of the molecule is CCNC(=NCc1ccc(OC)c(OC2CCCC2)c1)NC1CC2CCC1O2. The number of hydrogen-bond acceptors (Lipinski definition) is 4. The van der Waals surface area contributed by atoms with Gasteiger partial charge in [0.1, 0.15) is 0 Å². The van der Waals surface area contributed by atoms with Gasteiger partial charge in [0.05, 0.1) is 38.0 Å². The molecule has 4 rings (SSSR count). The molecule has 1 aromatic carbocycles. The van der Waals surface area contributed by atoms with Crippen molar-refractivity contribution in [2.24, 2.45) is 4.99 Å². The van der Waals surface area contributed by atoms with Crippen molar-refractivity contribution in [2.45, 2.75) is 82.8 Å². The summed E-state index contributed by atoms with van der Waals surface area (Å²) in [4.78, 5) is 4.80. The van der Waals surface area contributed by atoms with Gasteiger partial charge in [-0.25, -0.2) is 4.99 Å². The van der Waals surface area contributed by atoms with Crippen LogP contribution in [0.1, 0.15) is 57.4 Å². The lowest BCUT2D eigenvalue weighted by atomic mass is 9.96. The highest BCUT2D eigenvalue weighted by Crippen LogP contribution is 2.34. The van der Waals surface area contributed by atoms with Crippen molar-refractivity contribution in [1.29, 1.82) is 0 Å². The van der Waals surface area contributed by atoms with Gasteiger partial charge in [-0.05, 0) is 69.6 Å². The number of guanidine groups is 1. The minimum atomic E-state index is 0.310. The first-order valence-electron chi connectivity index (χ1n) is 10.8. The van der Waals surface area contributed by atoms with Crippen LogP contribution in [0.5, 0.6) is 11.5 Å². The second-order valence-corrected chi connectivity index (χ2v) is 8.07. The third-order valence-electron chi connectivity index (χ3n) is 6.02. The number of nitrogens with zero attached hydrogens (tertiary/aromatic N) is 1. The Balaban J connectivity index is 1.42. The van der Waals surface area contributed by atoms with E-state index in [-0.39, 0.29) is 0 Å². The number of rotatable bonds is 7. The van der Waals surface area contributed by atoms with Gasteiger partial charge in [-0.2, -0.15) is 0 Å². The topological polar surface area (TPSA) is 64.1 Å². The predicted octanol–water partition coefficient (Wildman–Crippen LogP) is 3.39. The highest BCUT2D eigenvalue weighted by atomic mass is 16.5. The van der Waals surface area contributed by atoms with Gasteiger partial charge < -0.3 is 24.8 Å². The zero-order chi connectivity index (χ0) is 19.3. The molecule has 2 aliphatic heterocycles. The van der Waals surface area contributed by atoms with Crippen LogP contribution in [0.25, 0.3) is 0 Å². The second kappa shape index (κ2) is 9.03. The zero-order valence-electron chi connectivity index (χ0n) is 17.1. The van der Waals surface area contributed by atoms with Gasteiger partial charge in [0, 0.05) is 6.54 Å². The van der Waals surface area contributed by atoms with Gasteiger partial charge in [-0.1, -0.05) is 6.07 Å². The van der Waals surface area contributed by atoms with Crippen LogP contribution in [0.4, 0.5) is 0 Å². The minimum Gasteiger partial charge on any atom is -0.493 e. The minimum absolute atomic E-state index is 0.310. The molecule has 0 radical (unpaired) electrons. The van der Waals surface area contributed by atoms with Gasteiger partial charge in [0.2, 0.25) is 0 Å². The number of benzene rings is 1. The number of hydrogen-bond donors (Lipinski definition) is 2. The van der Waals surface area contributed by atoms with Crippen LogP contribution in [0.3, 0.4) is 0 Å². The summed E-state index contributed by atoms with van der Waals surface area (Å²) in [6.07, 6.45) is 9.28. The van der Waals surface area contributed by atoms with Gasteiger partial charge in [-0.3, -0.25) is 0 Å². The molecule has 1 aromatic rings. The summed E-state index contributed by atoms with van der Waals surface area (Å²) in [7, 11) is 1.69. The molecule has 2 bridgehead atoms. The molecule has 2 saturated heterocycles. The van der Waals surface area contributed by atoms with E-state index in [1.165, 1.54) is 19.3 Å². The summed E-state index contributed by atoms with van der Waals surface area (Å²) in [5.41, 5.74) is 1.12. The Morgan fingerprint density at radius 1 is 1.18 bits per heavy atom. The lowest BCUT2D eigenvalue weighted by molar-refractivity contribution is 0.0992. The van der Waals surface area contributed by atoms with E-state index in [0.717, 1.165) is 55.3 Å². The lowest BCUT2D eigenvalue weighted by Crippen LogP contribution is -2.47. The van der Waals surface area contributed by atoms with Crippen molar-refractivity contribution in [3.05, 3.63) is 23.8 Å². The van der Waals surface area contributed by atoms with Gasteiger partial charge in [-0.15, -0.1) is 0 Å². The first kappa shape index (κ1) is 19.4. The molecule has 2 heterocycles. The quantitative estimate of drug-likeness (QED) is 0.555. The summed E-state index contributed by atoms with van der Waals surface area (Å²) in [6.45, 7) is 3.53. The van der Waals surface area contributed by atoms with E-state index >= 15 is 0 Å². The number of methoxy groups -OCH3 is 1. The Morgan fingerprint density at radius 3 is 2.71 bits per heavy atom. The fourth-order valence-corrected chi connectivity index (χ4v) is 4.55. The first-order valence-corrected chi connectivity index (χ1v) is 10.8. The summed E-state index contributed by atoms with van der Waals surface area (Å²) in [6, 6.07) is 6.49. The molecule has 2 N–H and O–H groups in total. The van der Waals surface area contributed by atoms with Crippen LogP contribution < -0.4 is 20.1 Å². The summed E-state index contributed by atoms with van der Waals surface area (Å²) in [5.74, 6) is 2.49. The molecule has 0 amide bonds. The molecular formula is C22H33N3O3. The van der Waals surface area contributed by atoms with Crippen LogP contribution in [0.2, 0.25) is 0 Å². The monoisotopic (exact) mass is 387 g/mol. The van der Waals surface area contributed by atoms with Crippen molar-refractivity contribution in [3.8, 4) is 11.5 Å². The van der Waals surface area contributed by atoms with E-state index in [9.17, 15) is 0 Å². The summed E-state index contributed by atoms with van der Waals surface area (Å²) < 4.78 is 17.7. The Morgan fingerprint density at radius 2 is 2.04 bits per heavy atom. The summed E-state index contributed by atoms with van der Waals surface area (Å²) in [5, 5.41) is 6.93. The van der Waals surface area contributed by atoms with Crippen molar-refractivity contribution in [3.63, 3.8) is 0 Å². The van der Waals surface area contributed by atoms with Crippen LogP contribution in [0.15, 0.2) is 23.2 Å². The van der Waals surface area contributed by atoms with Gasteiger partial charge in [0.25, 0.3) is 0 Å². The molecule has 3 unspecified atom stereocenters. The predicted molar refractivity (Wildman–Crippen MR) is 110 cm³/mol. The Labute approximate surface area is 168 Å². The Hall–Kier alpha value is -1.95. The molecular weight excluding hydrogens is 354 g/mol. The zero-order valence-corrected chi connectivity index (χ0v) is 17.1. The number of aliphatic imine (C=N–C) groups is 1. The highest BCUT2D eigenvalue weighted by molar-refractivity contribution is 5.80. The van der Waals surface area contributed by atoms with Crippen LogP contribution in [0, 0.1) is 0 Å². The van der Waals surface area contributed by atoms with E-state index < -0.39 is 0 Å². The third-order valence-corrected chi connectivity index (χ3v) is 6.02. The molecule has 6 heteroatoms. The average molecular weight is 388 g/mol. The third kappa shape index (κ3) is 4.54. The maximum atomic E-state index is 6.21. The molecule has 0 spiro atoms. The molecule has 3 fully saturated rings. The Bertz CT molecular complexity index is 688. The first-order chi connectivity index (χ1) is 13.7. The number of ether oxygens (including phenoxy) is 3. The summed E-state index contributed by atoms with van der Waals surface area (Å²) >= 11 is 0. The standard InChI is InChI=1S/C22H33N3O3/c1-3-23-22(25-18-13-17-9-11-19(18)28-17)24-14-15-8-10-20(26-2)21(12-15)27-16-6-4-5-7-16/h8,10,12,16-19H,3-7,9,11,13-14H2,1-2H3,(H2,23,24,25). The van der Waals surface area contributed by atoms with Crippen molar-refractivity contribution < 1.29 is 14.2 Å². The molecule has 3 aliphatic rings. The molecule has 28 heavy (non-hydrogen) atoms. The van der Waals surface area contributed by atoms with E-state index in [2.05, 4.69) is 29.7 Å². The van der Waals surface area contributed by atoms with Gasteiger partial charge >= 0.3 is 0 Å². The van der Waals surface area contributed by atoms with Crippen LogP contribution >= 0.6 is 0 Å². The van der Waals surface area contributed by atoms with Gasteiger partial charge in [0.15, 0.2) is 17.5 Å². The highest BCUT2D eigenvalue weighted by Gasteiger charge is 2.41. The van der Waals surface area contributed by atoms with Crippen molar-refractivity contribution >= 4 is 5.96 Å². The van der Waals surface area contributed by atoms with E-state index in [1.807, 2.05) is 6.07 Å². The van der Waals surface area contributed by atoms with Crippen LogP contribution in [-0.2, 0) is 11.3 Å². The molecule has 3 atom stereocenters. The Kier molecular flexibility index (Phi) is 6.25. The smallest absolute Gasteiger partial charge is 0.191 e. The maximum Gasteiger partial charge on any atom is 0.191 e. The number of nitrogens with one attached hydrogen (secondary N) is 2. The molecule has 1 saturated carbocycles. The van der Waals surface area contributed by atoms with Crippen molar-refractivity contribution in [2.75, 3.05) is 13.7 Å². The fraction of sp³-hybridized carbons (Fsp3) is 0.682. The molecule has 0 aromatic heterocycles. The second-order valence-electron chi connectivity index (χ2n) is 8.07. The normalized spacial score (nSPS) is 27.2. The molecule has 6 nitrogen and oxygen atoms in total. The average Bonchev–Trinajstić information content (AvgIpc) is 3.45. The van der Waals surface area contributed by atoms with Crippen LogP contribution in [-0.4, -0.2) is 44.0 Å². The number of fused-ring (bicyclic) bond motifs is 2. The van der Waals surface area contributed by atoms with E-state index in [1.54, 1.807) is 7.11 Å². The largest absolute Gasteiger partial charge is 0.493 e. The molecule has 154 valence electrons. The van der Waals surface area contributed by atoms with Crippen molar-refractivity contribution in [1.82, 2.24) is 10.6 Å². The molecule has 1 aliphatic carbocycles. The van der Waals surface area contributed by atoms with E-state index in [4.69, 9.17) is 19.2 Å². The fourth-order valence-electron chi connectivity index (χ4n) is 4.55.